The van der Waals surface area contributed by atoms with Gasteiger partial charge in [0.15, 0.2) is 0 Å². The number of pyridine rings is 2. The maximum atomic E-state index is 12.8. The maximum absolute atomic E-state index is 12.8. The van der Waals surface area contributed by atoms with Gasteiger partial charge < -0.3 is 5.32 Å². The Morgan fingerprint density at radius 1 is 1.10 bits per heavy atom. The Morgan fingerprint density at radius 3 is 2.77 bits per heavy atom. The zero-order valence-corrected chi connectivity index (χ0v) is 16.9. The van der Waals surface area contributed by atoms with E-state index in [2.05, 4.69) is 36.4 Å². The van der Waals surface area contributed by atoms with Crippen molar-refractivity contribution in [2.75, 3.05) is 16.8 Å². The van der Waals surface area contributed by atoms with Gasteiger partial charge in [-0.25, -0.2) is 15.0 Å². The lowest BCUT2D eigenvalue weighted by molar-refractivity contribution is -0.117. The first kappa shape index (κ1) is 18.9. The number of aryl methyl sites for hydroxylation is 1. The molecule has 0 unspecified atom stereocenters. The van der Waals surface area contributed by atoms with Gasteiger partial charge in [-0.2, -0.15) is 5.10 Å². The van der Waals surface area contributed by atoms with Crippen LogP contribution in [-0.2, 0) is 24.7 Å². The first-order valence-electron chi connectivity index (χ1n) is 9.94. The molecule has 1 N–H and O–H groups in total. The molecule has 5 heterocycles. The molecule has 0 bridgehead atoms. The average Bonchev–Trinajstić information content (AvgIpc) is 3.40. The first-order valence-corrected chi connectivity index (χ1v) is 9.94. The highest BCUT2D eigenvalue weighted by molar-refractivity contribution is 5.95. The van der Waals surface area contributed by atoms with Crippen molar-refractivity contribution in [3.8, 4) is 11.3 Å². The molecule has 0 atom stereocenters. The third kappa shape index (κ3) is 3.85. The minimum Gasteiger partial charge on any atom is -0.309 e. The Hall–Kier alpha value is -4.14. The van der Waals surface area contributed by atoms with Crippen molar-refractivity contribution in [3.05, 3.63) is 72.4 Å². The minimum absolute atomic E-state index is 0.0369. The van der Waals surface area contributed by atoms with Crippen molar-refractivity contribution in [2.24, 2.45) is 7.05 Å². The van der Waals surface area contributed by atoms with Crippen molar-refractivity contribution in [2.45, 2.75) is 12.8 Å². The van der Waals surface area contributed by atoms with Gasteiger partial charge in [0.2, 0.25) is 11.9 Å². The summed E-state index contributed by atoms with van der Waals surface area (Å²) in [7, 11) is 1.85. The molecule has 0 spiro atoms. The number of amides is 1. The lowest BCUT2D eigenvalue weighted by atomic mass is 10.1. The van der Waals surface area contributed by atoms with Gasteiger partial charge in [0, 0.05) is 50.0 Å². The molecule has 0 radical (unpaired) electrons. The summed E-state index contributed by atoms with van der Waals surface area (Å²) in [4.78, 5) is 32.0. The van der Waals surface area contributed by atoms with Crippen LogP contribution < -0.4 is 10.2 Å². The molecule has 0 aliphatic carbocycles. The second kappa shape index (κ2) is 7.94. The molecular weight excluding hydrogens is 392 g/mol. The highest BCUT2D eigenvalue weighted by Gasteiger charge is 2.26. The number of rotatable bonds is 5. The average molecular weight is 412 g/mol. The Kier molecular flexibility index (Phi) is 4.83. The Bertz CT molecular complexity index is 1240. The van der Waals surface area contributed by atoms with Gasteiger partial charge in [-0.1, -0.05) is 0 Å². The zero-order valence-electron chi connectivity index (χ0n) is 16.9. The van der Waals surface area contributed by atoms with Gasteiger partial charge in [0.1, 0.15) is 11.6 Å². The summed E-state index contributed by atoms with van der Waals surface area (Å²) in [5.41, 5.74) is 3.63. The van der Waals surface area contributed by atoms with E-state index in [0.29, 0.717) is 18.9 Å². The summed E-state index contributed by atoms with van der Waals surface area (Å²) in [6.07, 6.45) is 9.67. The van der Waals surface area contributed by atoms with Crippen LogP contribution in [-0.4, -0.2) is 42.2 Å². The maximum Gasteiger partial charge on any atom is 0.232 e. The number of nitrogens with zero attached hydrogens (tertiary/aromatic N) is 7. The fourth-order valence-electron chi connectivity index (χ4n) is 3.61. The van der Waals surface area contributed by atoms with Gasteiger partial charge in [-0.05, 0) is 41.8 Å². The van der Waals surface area contributed by atoms with Gasteiger partial charge in [-0.3, -0.25) is 19.4 Å². The number of carbonyl (C=O) groups is 1. The van der Waals surface area contributed by atoms with E-state index >= 15 is 0 Å². The van der Waals surface area contributed by atoms with E-state index in [-0.39, 0.29) is 5.91 Å². The van der Waals surface area contributed by atoms with E-state index in [0.717, 1.165) is 40.4 Å². The lowest BCUT2D eigenvalue weighted by Gasteiger charge is -2.16. The monoisotopic (exact) mass is 412 g/mol. The normalized spacial score (nSPS) is 12.6. The SMILES string of the molecule is Cn1nccc1Nc1nccc(-c2cnc3c(c2)CCN3C(=O)Cc2ccncc2)n1. The van der Waals surface area contributed by atoms with Crippen LogP contribution in [0, 0.1) is 0 Å². The van der Waals surface area contributed by atoms with Crippen LogP contribution in [0.2, 0.25) is 0 Å². The largest absolute Gasteiger partial charge is 0.309 e. The molecule has 31 heavy (non-hydrogen) atoms. The fourth-order valence-corrected chi connectivity index (χ4v) is 3.61. The molecule has 9 nitrogen and oxygen atoms in total. The summed E-state index contributed by atoms with van der Waals surface area (Å²) in [5, 5.41) is 7.29. The van der Waals surface area contributed by atoms with Crippen LogP contribution in [0.3, 0.4) is 0 Å². The summed E-state index contributed by atoms with van der Waals surface area (Å²) in [5.74, 6) is 2.04. The second-order valence-electron chi connectivity index (χ2n) is 7.26. The molecule has 4 aromatic rings. The standard InChI is InChI=1S/C22H20N8O/c1-29-19(5-10-26-29)28-22-24-9-4-18(27-22)17-13-16-6-11-30(21(16)25-14-17)20(31)12-15-2-7-23-8-3-15/h2-5,7-10,13-14H,6,11-12H2,1H3,(H,24,27,28). The Balaban J connectivity index is 1.36. The van der Waals surface area contributed by atoms with E-state index < -0.39 is 0 Å². The number of anilines is 3. The van der Waals surface area contributed by atoms with Crippen LogP contribution in [0.15, 0.2) is 61.3 Å². The van der Waals surface area contributed by atoms with Crippen molar-refractivity contribution in [1.29, 1.82) is 0 Å². The quantitative estimate of drug-likeness (QED) is 0.537. The second-order valence-corrected chi connectivity index (χ2v) is 7.26. The molecule has 0 aromatic carbocycles. The Morgan fingerprint density at radius 2 is 1.97 bits per heavy atom. The molecule has 5 rings (SSSR count). The zero-order chi connectivity index (χ0) is 21.2. The van der Waals surface area contributed by atoms with Crippen molar-refractivity contribution in [1.82, 2.24) is 29.7 Å². The number of hydrogen-bond donors (Lipinski definition) is 1. The molecule has 154 valence electrons. The molecule has 0 fully saturated rings. The van der Waals surface area contributed by atoms with Crippen molar-refractivity contribution < 1.29 is 4.79 Å². The number of aromatic nitrogens is 6. The number of fused-ring (bicyclic) bond motifs is 1. The van der Waals surface area contributed by atoms with Gasteiger partial charge in [0.25, 0.3) is 0 Å². The summed E-state index contributed by atoms with van der Waals surface area (Å²) in [6, 6.07) is 9.47. The molecule has 1 aliphatic rings. The van der Waals surface area contributed by atoms with Crippen molar-refractivity contribution in [3.63, 3.8) is 0 Å². The summed E-state index contributed by atoms with van der Waals surface area (Å²) in [6.45, 7) is 0.632. The van der Waals surface area contributed by atoms with Crippen LogP contribution in [0.25, 0.3) is 11.3 Å². The van der Waals surface area contributed by atoms with Crippen LogP contribution in [0.5, 0.6) is 0 Å². The smallest absolute Gasteiger partial charge is 0.232 e. The lowest BCUT2D eigenvalue weighted by Crippen LogP contribution is -2.30. The predicted octanol–water partition coefficient (Wildman–Crippen LogP) is 2.54. The molecule has 9 heteroatoms. The predicted molar refractivity (Wildman–Crippen MR) is 116 cm³/mol. The molecule has 1 amide bonds. The number of hydrogen-bond acceptors (Lipinski definition) is 7. The van der Waals surface area contributed by atoms with Gasteiger partial charge >= 0.3 is 0 Å². The van der Waals surface area contributed by atoms with E-state index in [1.165, 1.54) is 0 Å². The van der Waals surface area contributed by atoms with E-state index in [1.807, 2.05) is 31.3 Å². The molecule has 0 saturated carbocycles. The van der Waals surface area contributed by atoms with Gasteiger partial charge in [0.05, 0.1) is 18.3 Å². The molecule has 0 saturated heterocycles. The van der Waals surface area contributed by atoms with E-state index in [4.69, 9.17) is 0 Å². The fraction of sp³-hybridized carbons (Fsp3) is 0.182. The molecule has 1 aliphatic heterocycles. The van der Waals surface area contributed by atoms with Crippen molar-refractivity contribution >= 4 is 23.5 Å². The van der Waals surface area contributed by atoms with Crippen LogP contribution in [0.1, 0.15) is 11.1 Å². The number of nitrogens with one attached hydrogen (secondary N) is 1. The third-order valence-corrected chi connectivity index (χ3v) is 5.22. The first-order chi connectivity index (χ1) is 15.2. The summed E-state index contributed by atoms with van der Waals surface area (Å²) < 4.78 is 1.71. The number of carbonyl (C=O) groups excluding carboxylic acids is 1. The topological polar surface area (TPSA) is 102 Å². The molecule has 4 aromatic heterocycles. The highest BCUT2D eigenvalue weighted by Crippen LogP contribution is 2.30. The van der Waals surface area contributed by atoms with Gasteiger partial charge in [-0.15, -0.1) is 0 Å². The van der Waals surface area contributed by atoms with E-state index in [1.54, 1.807) is 40.6 Å². The van der Waals surface area contributed by atoms with Crippen LogP contribution in [0.4, 0.5) is 17.6 Å². The Labute approximate surface area is 178 Å². The molecular formula is C22H20N8O. The summed E-state index contributed by atoms with van der Waals surface area (Å²) >= 11 is 0. The van der Waals surface area contributed by atoms with E-state index in [9.17, 15) is 4.79 Å². The third-order valence-electron chi connectivity index (χ3n) is 5.22. The minimum atomic E-state index is 0.0369. The van der Waals surface area contributed by atoms with Crippen LogP contribution >= 0.6 is 0 Å². The highest BCUT2D eigenvalue weighted by atomic mass is 16.2.